The van der Waals surface area contributed by atoms with E-state index in [1.165, 1.54) is 6.08 Å². The van der Waals surface area contributed by atoms with Gasteiger partial charge in [0.15, 0.2) is 11.9 Å². The van der Waals surface area contributed by atoms with E-state index in [1.807, 2.05) is 0 Å². The minimum absolute atomic E-state index is 0.131. The average Bonchev–Trinajstić information content (AvgIpc) is 2.23. The largest absolute Gasteiger partial charge is 0.378 e. The fourth-order valence-corrected chi connectivity index (χ4v) is 1.44. The molecule has 1 aromatic carbocycles. The highest BCUT2D eigenvalue weighted by atomic mass is 16.3. The van der Waals surface area contributed by atoms with Crippen molar-refractivity contribution in [3.63, 3.8) is 0 Å². The molecular formula is C10H7NO3. The molecule has 0 fully saturated rings. The first-order valence-electron chi connectivity index (χ1n) is 4.10. The third kappa shape index (κ3) is 1.16. The van der Waals surface area contributed by atoms with Crippen LogP contribution in [0, 0.1) is 4.91 Å². The number of carbonyl (C=O) groups excluding carboxylic acids is 1. The van der Waals surface area contributed by atoms with Gasteiger partial charge in [0.25, 0.3) is 0 Å². The number of rotatable bonds is 1. The number of aliphatic hydroxyl groups is 1. The summed E-state index contributed by atoms with van der Waals surface area (Å²) in [6, 6.07) is 6.77. The summed E-state index contributed by atoms with van der Waals surface area (Å²) in [5, 5.41) is 12.0. The molecule has 1 unspecified atom stereocenters. The minimum Gasteiger partial charge on any atom is -0.378 e. The average molecular weight is 189 g/mol. The van der Waals surface area contributed by atoms with Gasteiger partial charge in [-0.15, -0.1) is 4.91 Å². The van der Waals surface area contributed by atoms with Gasteiger partial charge in [0, 0.05) is 5.56 Å². The molecule has 0 radical (unpaired) electrons. The zero-order chi connectivity index (χ0) is 10.1. The van der Waals surface area contributed by atoms with E-state index in [2.05, 4.69) is 5.18 Å². The van der Waals surface area contributed by atoms with Crippen molar-refractivity contribution in [3.8, 4) is 0 Å². The van der Waals surface area contributed by atoms with Crippen LogP contribution in [0.4, 0.5) is 0 Å². The summed E-state index contributed by atoms with van der Waals surface area (Å²) >= 11 is 0. The summed E-state index contributed by atoms with van der Waals surface area (Å²) in [5.41, 5.74) is 0.915. The molecule has 0 spiro atoms. The number of nitrogens with zero attached hydrogens (tertiary/aromatic N) is 1. The molecule has 4 nitrogen and oxygen atoms in total. The van der Waals surface area contributed by atoms with Gasteiger partial charge >= 0.3 is 0 Å². The van der Waals surface area contributed by atoms with Crippen LogP contribution < -0.4 is 0 Å². The maximum absolute atomic E-state index is 11.5. The summed E-state index contributed by atoms with van der Waals surface area (Å²) in [6.07, 6.45) is 0.0106. The van der Waals surface area contributed by atoms with Gasteiger partial charge in [0.1, 0.15) is 5.70 Å². The van der Waals surface area contributed by atoms with Crippen molar-refractivity contribution >= 4 is 11.9 Å². The number of hydrogen-bond acceptors (Lipinski definition) is 4. The van der Waals surface area contributed by atoms with Gasteiger partial charge in [-0.1, -0.05) is 24.3 Å². The molecule has 0 amide bonds. The second kappa shape index (κ2) is 3.16. The molecule has 2 rings (SSSR count). The van der Waals surface area contributed by atoms with Crippen molar-refractivity contribution in [2.24, 2.45) is 5.18 Å². The van der Waals surface area contributed by atoms with Crippen molar-refractivity contribution in [2.75, 3.05) is 0 Å². The number of ketones is 1. The van der Waals surface area contributed by atoms with Gasteiger partial charge < -0.3 is 5.11 Å². The van der Waals surface area contributed by atoms with Crippen LogP contribution in [-0.4, -0.2) is 17.0 Å². The molecule has 0 aliphatic heterocycles. The SMILES string of the molecule is O=NC1=Cc2ccccc2C(=O)C1O. The lowest BCUT2D eigenvalue weighted by atomic mass is 9.92. The third-order valence-electron chi connectivity index (χ3n) is 2.16. The molecule has 0 aromatic heterocycles. The van der Waals surface area contributed by atoms with Crippen LogP contribution in [0.3, 0.4) is 0 Å². The van der Waals surface area contributed by atoms with Crippen LogP contribution in [0.5, 0.6) is 0 Å². The molecule has 1 aliphatic carbocycles. The molecule has 1 N–H and O–H groups in total. The van der Waals surface area contributed by atoms with Gasteiger partial charge in [-0.3, -0.25) is 4.79 Å². The molecule has 0 heterocycles. The fraction of sp³-hybridized carbons (Fsp3) is 0.100. The quantitative estimate of drug-likeness (QED) is 0.678. The third-order valence-corrected chi connectivity index (χ3v) is 2.16. The summed E-state index contributed by atoms with van der Waals surface area (Å²) in [7, 11) is 0. The van der Waals surface area contributed by atoms with Crippen molar-refractivity contribution < 1.29 is 9.90 Å². The lowest BCUT2D eigenvalue weighted by molar-refractivity contribution is 0.0800. The summed E-state index contributed by atoms with van der Waals surface area (Å²) in [6.45, 7) is 0. The second-order valence-electron chi connectivity index (χ2n) is 3.01. The van der Waals surface area contributed by atoms with Crippen LogP contribution >= 0.6 is 0 Å². The number of Topliss-reactive ketones (excluding diaryl/α,β-unsaturated/α-hetero) is 1. The highest BCUT2D eigenvalue weighted by molar-refractivity contribution is 6.06. The van der Waals surface area contributed by atoms with Crippen LogP contribution in [0.15, 0.2) is 35.1 Å². The summed E-state index contributed by atoms with van der Waals surface area (Å²) in [5.74, 6) is -0.474. The van der Waals surface area contributed by atoms with Gasteiger partial charge in [-0.25, -0.2) is 0 Å². The predicted molar refractivity (Wildman–Crippen MR) is 50.6 cm³/mol. The Balaban J connectivity index is 2.63. The highest BCUT2D eigenvalue weighted by Crippen LogP contribution is 2.24. The van der Waals surface area contributed by atoms with E-state index in [1.54, 1.807) is 24.3 Å². The van der Waals surface area contributed by atoms with Crippen LogP contribution in [-0.2, 0) is 0 Å². The number of nitroso groups, excluding NO2 is 1. The first kappa shape index (κ1) is 8.77. The number of fused-ring (bicyclic) bond motifs is 1. The monoisotopic (exact) mass is 189 g/mol. The molecular weight excluding hydrogens is 182 g/mol. The van der Waals surface area contributed by atoms with E-state index < -0.39 is 11.9 Å². The van der Waals surface area contributed by atoms with Gasteiger partial charge in [-0.05, 0) is 16.8 Å². The number of hydrogen-bond donors (Lipinski definition) is 1. The topological polar surface area (TPSA) is 66.7 Å². The predicted octanol–water partition coefficient (Wildman–Crippen LogP) is 1.35. The second-order valence-corrected chi connectivity index (χ2v) is 3.01. The number of benzene rings is 1. The van der Waals surface area contributed by atoms with Crippen molar-refractivity contribution in [2.45, 2.75) is 6.10 Å². The Morgan fingerprint density at radius 2 is 2.00 bits per heavy atom. The Morgan fingerprint density at radius 1 is 1.29 bits per heavy atom. The molecule has 0 bridgehead atoms. The van der Waals surface area contributed by atoms with Gasteiger partial charge in [-0.2, -0.15) is 0 Å². The first-order valence-corrected chi connectivity index (χ1v) is 4.10. The Hall–Kier alpha value is -1.81. The molecule has 1 aromatic rings. The Labute approximate surface area is 79.8 Å². The molecule has 70 valence electrons. The van der Waals surface area contributed by atoms with Crippen LogP contribution in [0.1, 0.15) is 15.9 Å². The van der Waals surface area contributed by atoms with Crippen molar-refractivity contribution in [1.29, 1.82) is 0 Å². The fourth-order valence-electron chi connectivity index (χ4n) is 1.44. The minimum atomic E-state index is -1.41. The molecule has 0 saturated carbocycles. The van der Waals surface area contributed by atoms with Crippen molar-refractivity contribution in [1.82, 2.24) is 0 Å². The lowest BCUT2D eigenvalue weighted by Gasteiger charge is -2.15. The molecule has 1 aliphatic rings. The van der Waals surface area contributed by atoms with Gasteiger partial charge in [0.2, 0.25) is 0 Å². The van der Waals surface area contributed by atoms with E-state index in [-0.39, 0.29) is 5.70 Å². The summed E-state index contributed by atoms with van der Waals surface area (Å²) in [4.78, 5) is 21.8. The van der Waals surface area contributed by atoms with Crippen LogP contribution in [0.2, 0.25) is 0 Å². The molecule has 1 atom stereocenters. The normalized spacial score (nSPS) is 19.9. The van der Waals surface area contributed by atoms with Gasteiger partial charge in [0.05, 0.1) is 0 Å². The Morgan fingerprint density at radius 3 is 2.71 bits per heavy atom. The Kier molecular flexibility index (Phi) is 1.98. The number of aliphatic hydroxyl groups excluding tert-OH is 1. The number of carbonyl (C=O) groups is 1. The van der Waals surface area contributed by atoms with E-state index in [4.69, 9.17) is 0 Å². The molecule has 0 saturated heterocycles. The van der Waals surface area contributed by atoms with E-state index >= 15 is 0 Å². The molecule has 4 heteroatoms. The van der Waals surface area contributed by atoms with E-state index in [9.17, 15) is 14.8 Å². The smallest absolute Gasteiger partial charge is 0.198 e. The zero-order valence-corrected chi connectivity index (χ0v) is 7.18. The highest BCUT2D eigenvalue weighted by Gasteiger charge is 2.28. The van der Waals surface area contributed by atoms with E-state index in [0.29, 0.717) is 11.1 Å². The maximum atomic E-state index is 11.5. The Bertz CT molecular complexity index is 437. The van der Waals surface area contributed by atoms with E-state index in [0.717, 1.165) is 0 Å². The molecule has 14 heavy (non-hydrogen) atoms. The standard InChI is InChI=1S/C10H7NO3/c12-9-7-4-2-1-3-6(7)5-8(11-14)10(9)13/h1-5,10,13H. The first-order chi connectivity index (χ1) is 6.74. The zero-order valence-electron chi connectivity index (χ0n) is 7.18. The summed E-state index contributed by atoms with van der Waals surface area (Å²) < 4.78 is 0. The van der Waals surface area contributed by atoms with Crippen LogP contribution in [0.25, 0.3) is 6.08 Å². The lowest BCUT2D eigenvalue weighted by Crippen LogP contribution is -2.25. The van der Waals surface area contributed by atoms with Crippen molar-refractivity contribution in [3.05, 3.63) is 46.0 Å². The maximum Gasteiger partial charge on any atom is 0.198 e.